The van der Waals surface area contributed by atoms with Crippen LogP contribution in [-0.4, -0.2) is 31.4 Å². The van der Waals surface area contributed by atoms with E-state index in [1.165, 1.54) is 0 Å². The van der Waals surface area contributed by atoms with Crippen molar-refractivity contribution in [2.45, 2.75) is 44.0 Å². The van der Waals surface area contributed by atoms with Crippen molar-refractivity contribution in [3.8, 4) is 16.9 Å². The van der Waals surface area contributed by atoms with Gasteiger partial charge in [-0.2, -0.15) is 0 Å². The van der Waals surface area contributed by atoms with E-state index in [2.05, 4.69) is 12.1 Å². The highest BCUT2D eigenvalue weighted by Gasteiger charge is 2.37. The summed E-state index contributed by atoms with van der Waals surface area (Å²) in [4.78, 5) is 11.7. The molecule has 3 aromatic carbocycles. The standard InChI is InChI=1S/C30H30O6/c1-33-25-8-11-30(34-2,12-9-25)24-5-3-4-20(14-24)18-36-26-6-7-27-22(16-26)15-23(29(31)32)17-28(27)21-10-13-35-19-21/h3-7,10,13-17,19,25H,8-9,11-12,18H2,1-2H3,(H,31,32)/t25-,30+. The topological polar surface area (TPSA) is 78.1 Å². The van der Waals surface area contributed by atoms with E-state index in [0.29, 0.717) is 18.5 Å². The van der Waals surface area contributed by atoms with E-state index in [1.54, 1.807) is 38.9 Å². The molecule has 1 heterocycles. The van der Waals surface area contributed by atoms with Gasteiger partial charge in [0.1, 0.15) is 12.4 Å². The number of hydrogen-bond donors (Lipinski definition) is 1. The Morgan fingerprint density at radius 2 is 1.89 bits per heavy atom. The summed E-state index contributed by atoms with van der Waals surface area (Å²) >= 11 is 0. The van der Waals surface area contributed by atoms with Gasteiger partial charge in [-0.15, -0.1) is 0 Å². The SMILES string of the molecule is CO[C@H]1CC[C@](OC)(c2cccc(COc3ccc4c(-c5ccoc5)cc(C(=O)O)cc4c3)c2)CC1. The maximum Gasteiger partial charge on any atom is 0.335 e. The molecule has 1 aromatic heterocycles. The molecule has 4 aromatic rings. The van der Waals surface area contributed by atoms with Crippen LogP contribution in [0.4, 0.5) is 0 Å². The lowest BCUT2D eigenvalue weighted by Crippen LogP contribution is -2.36. The number of fused-ring (bicyclic) bond motifs is 1. The fraction of sp³-hybridized carbons (Fsp3) is 0.300. The number of rotatable bonds is 8. The minimum absolute atomic E-state index is 0.219. The number of aromatic carboxylic acids is 1. The highest BCUT2D eigenvalue weighted by molar-refractivity contribution is 6.03. The van der Waals surface area contributed by atoms with Crippen molar-refractivity contribution in [2.24, 2.45) is 0 Å². The summed E-state index contributed by atoms with van der Waals surface area (Å²) in [5, 5.41) is 11.4. The van der Waals surface area contributed by atoms with Gasteiger partial charge in [0, 0.05) is 19.8 Å². The number of methoxy groups -OCH3 is 2. The molecule has 0 saturated heterocycles. The smallest absolute Gasteiger partial charge is 0.335 e. The number of ether oxygens (including phenoxy) is 3. The van der Waals surface area contributed by atoms with Gasteiger partial charge in [-0.05, 0) is 89.5 Å². The fourth-order valence-corrected chi connectivity index (χ4v) is 5.23. The first kappa shape index (κ1) is 24.1. The van der Waals surface area contributed by atoms with Crippen LogP contribution >= 0.6 is 0 Å². The van der Waals surface area contributed by atoms with Crippen LogP contribution in [0.2, 0.25) is 0 Å². The van der Waals surface area contributed by atoms with Gasteiger partial charge in [-0.3, -0.25) is 0 Å². The van der Waals surface area contributed by atoms with Gasteiger partial charge in [0.05, 0.1) is 29.8 Å². The summed E-state index contributed by atoms with van der Waals surface area (Å²) in [6, 6.07) is 19.3. The molecule has 0 atom stereocenters. The molecule has 5 rings (SSSR count). The molecule has 1 fully saturated rings. The summed E-state index contributed by atoms with van der Waals surface area (Å²) in [5.41, 5.74) is 3.78. The first-order chi connectivity index (χ1) is 17.5. The molecule has 36 heavy (non-hydrogen) atoms. The Morgan fingerprint density at radius 3 is 2.58 bits per heavy atom. The van der Waals surface area contributed by atoms with Gasteiger partial charge in [-0.1, -0.05) is 24.3 Å². The largest absolute Gasteiger partial charge is 0.489 e. The predicted octanol–water partition coefficient (Wildman–Crippen LogP) is 6.81. The van der Waals surface area contributed by atoms with Gasteiger partial charge in [0.15, 0.2) is 0 Å². The molecule has 0 radical (unpaired) electrons. The molecular weight excluding hydrogens is 456 g/mol. The zero-order valence-electron chi connectivity index (χ0n) is 20.5. The Labute approximate surface area is 210 Å². The van der Waals surface area contributed by atoms with Gasteiger partial charge < -0.3 is 23.7 Å². The normalized spacial score (nSPS) is 19.9. The van der Waals surface area contributed by atoms with Crippen molar-refractivity contribution in [2.75, 3.05) is 14.2 Å². The van der Waals surface area contributed by atoms with E-state index in [0.717, 1.165) is 58.7 Å². The summed E-state index contributed by atoms with van der Waals surface area (Å²) in [6.07, 6.45) is 7.28. The maximum atomic E-state index is 11.7. The molecule has 0 bridgehead atoms. The second kappa shape index (κ2) is 10.2. The van der Waals surface area contributed by atoms with E-state index in [9.17, 15) is 9.90 Å². The molecule has 6 nitrogen and oxygen atoms in total. The zero-order chi connectivity index (χ0) is 25.1. The summed E-state index contributed by atoms with van der Waals surface area (Å²) in [5.74, 6) is -0.299. The van der Waals surface area contributed by atoms with Crippen molar-refractivity contribution in [3.05, 3.63) is 89.9 Å². The maximum absolute atomic E-state index is 11.7. The zero-order valence-corrected chi connectivity index (χ0v) is 20.5. The van der Waals surface area contributed by atoms with Crippen LogP contribution in [-0.2, 0) is 21.7 Å². The minimum Gasteiger partial charge on any atom is -0.489 e. The highest BCUT2D eigenvalue weighted by Crippen LogP contribution is 2.41. The third-order valence-corrected chi connectivity index (χ3v) is 7.33. The van der Waals surface area contributed by atoms with Gasteiger partial charge in [-0.25, -0.2) is 4.79 Å². The third-order valence-electron chi connectivity index (χ3n) is 7.33. The molecule has 186 valence electrons. The number of benzene rings is 3. The Balaban J connectivity index is 1.38. The molecule has 1 aliphatic carbocycles. The first-order valence-electron chi connectivity index (χ1n) is 12.2. The van der Waals surface area contributed by atoms with E-state index < -0.39 is 5.97 Å². The van der Waals surface area contributed by atoms with E-state index in [4.69, 9.17) is 18.6 Å². The molecule has 1 saturated carbocycles. The number of furan rings is 1. The lowest BCUT2D eigenvalue weighted by atomic mass is 9.78. The Morgan fingerprint density at radius 1 is 1.06 bits per heavy atom. The van der Waals surface area contributed by atoms with Crippen LogP contribution < -0.4 is 4.74 Å². The van der Waals surface area contributed by atoms with Crippen LogP contribution in [0.3, 0.4) is 0 Å². The third kappa shape index (κ3) is 4.74. The second-order valence-electron chi connectivity index (χ2n) is 9.35. The molecule has 1 N–H and O–H groups in total. The highest BCUT2D eigenvalue weighted by atomic mass is 16.5. The average Bonchev–Trinajstić information content (AvgIpc) is 3.46. The van der Waals surface area contributed by atoms with E-state index in [1.807, 2.05) is 36.4 Å². The molecule has 6 heteroatoms. The van der Waals surface area contributed by atoms with Crippen LogP contribution in [0.15, 0.2) is 77.6 Å². The van der Waals surface area contributed by atoms with Crippen molar-refractivity contribution in [3.63, 3.8) is 0 Å². The van der Waals surface area contributed by atoms with Crippen LogP contribution in [0.25, 0.3) is 21.9 Å². The summed E-state index contributed by atoms with van der Waals surface area (Å²) in [7, 11) is 3.56. The Kier molecular flexibility index (Phi) is 6.81. The summed E-state index contributed by atoms with van der Waals surface area (Å²) in [6.45, 7) is 0.396. The van der Waals surface area contributed by atoms with Crippen molar-refractivity contribution < 1.29 is 28.5 Å². The quantitative estimate of drug-likeness (QED) is 0.295. The van der Waals surface area contributed by atoms with Crippen LogP contribution in [0.5, 0.6) is 5.75 Å². The molecule has 0 amide bonds. The lowest BCUT2D eigenvalue weighted by Gasteiger charge is -2.39. The predicted molar refractivity (Wildman–Crippen MR) is 137 cm³/mol. The minimum atomic E-state index is -0.976. The van der Waals surface area contributed by atoms with Crippen molar-refractivity contribution >= 4 is 16.7 Å². The first-order valence-corrected chi connectivity index (χ1v) is 12.2. The van der Waals surface area contributed by atoms with Gasteiger partial charge in [0.25, 0.3) is 0 Å². The Hall–Kier alpha value is -3.61. The molecule has 0 unspecified atom stereocenters. The number of carboxylic acid groups (broad SMARTS) is 1. The summed E-state index contributed by atoms with van der Waals surface area (Å²) < 4.78 is 23.0. The van der Waals surface area contributed by atoms with Crippen molar-refractivity contribution in [1.29, 1.82) is 0 Å². The number of carbonyl (C=O) groups is 1. The second-order valence-corrected chi connectivity index (χ2v) is 9.35. The van der Waals surface area contributed by atoms with E-state index in [-0.39, 0.29) is 11.2 Å². The van der Waals surface area contributed by atoms with Crippen LogP contribution in [0.1, 0.15) is 47.2 Å². The van der Waals surface area contributed by atoms with Gasteiger partial charge >= 0.3 is 5.97 Å². The average molecular weight is 487 g/mol. The Bertz CT molecular complexity index is 1350. The van der Waals surface area contributed by atoms with Crippen molar-refractivity contribution in [1.82, 2.24) is 0 Å². The monoisotopic (exact) mass is 486 g/mol. The molecule has 0 aliphatic heterocycles. The molecule has 1 aliphatic rings. The molecular formula is C30H30O6. The van der Waals surface area contributed by atoms with E-state index >= 15 is 0 Å². The lowest BCUT2D eigenvalue weighted by molar-refractivity contribution is -0.0762. The van der Waals surface area contributed by atoms with Crippen LogP contribution in [0, 0.1) is 0 Å². The van der Waals surface area contributed by atoms with Gasteiger partial charge in [0.2, 0.25) is 0 Å². The number of carboxylic acids is 1. The fourth-order valence-electron chi connectivity index (χ4n) is 5.23. The number of hydrogen-bond acceptors (Lipinski definition) is 5. The molecule has 0 spiro atoms.